The number of nitrogens with zero attached hydrogens (tertiary/aromatic N) is 2. The Hall–Kier alpha value is -0.940. The van der Waals surface area contributed by atoms with Gasteiger partial charge in [-0.3, -0.25) is 0 Å². The highest BCUT2D eigenvalue weighted by atomic mass is 16.5. The lowest BCUT2D eigenvalue weighted by molar-refractivity contribution is 0.102. The predicted octanol–water partition coefficient (Wildman–Crippen LogP) is 0.943. The van der Waals surface area contributed by atoms with Crippen molar-refractivity contribution >= 4 is 0 Å². The molecule has 16 heavy (non-hydrogen) atoms. The van der Waals surface area contributed by atoms with Gasteiger partial charge in [0.05, 0.1) is 6.10 Å². The SMILES string of the molecule is CNCCc1noc(CCC2CCCO2)n1. The van der Waals surface area contributed by atoms with Crippen molar-refractivity contribution in [2.75, 3.05) is 20.2 Å². The van der Waals surface area contributed by atoms with Gasteiger partial charge in [0.15, 0.2) is 5.82 Å². The zero-order valence-electron chi connectivity index (χ0n) is 9.74. The van der Waals surface area contributed by atoms with E-state index in [9.17, 15) is 0 Å². The summed E-state index contributed by atoms with van der Waals surface area (Å²) in [7, 11) is 1.92. The van der Waals surface area contributed by atoms with Crippen molar-refractivity contribution in [2.24, 2.45) is 0 Å². The highest BCUT2D eigenvalue weighted by Gasteiger charge is 2.16. The molecular weight excluding hydrogens is 206 g/mol. The van der Waals surface area contributed by atoms with Crippen molar-refractivity contribution in [2.45, 2.75) is 38.2 Å². The van der Waals surface area contributed by atoms with E-state index in [1.165, 1.54) is 12.8 Å². The number of hydrogen-bond donors (Lipinski definition) is 1. The maximum atomic E-state index is 5.55. The first kappa shape index (κ1) is 11.5. The molecule has 1 aromatic heterocycles. The van der Waals surface area contributed by atoms with E-state index in [4.69, 9.17) is 9.26 Å². The molecule has 0 spiro atoms. The first-order valence-electron chi connectivity index (χ1n) is 5.96. The maximum Gasteiger partial charge on any atom is 0.226 e. The van der Waals surface area contributed by atoms with Crippen molar-refractivity contribution < 1.29 is 9.26 Å². The number of likely N-dealkylation sites (N-methyl/N-ethyl adjacent to an activating group) is 1. The number of nitrogens with one attached hydrogen (secondary N) is 1. The largest absolute Gasteiger partial charge is 0.378 e. The second-order valence-corrected chi connectivity index (χ2v) is 4.13. The highest BCUT2D eigenvalue weighted by molar-refractivity contribution is 4.88. The molecule has 0 aromatic carbocycles. The quantitative estimate of drug-likeness (QED) is 0.781. The molecule has 90 valence electrons. The molecule has 5 nitrogen and oxygen atoms in total. The molecule has 0 saturated carbocycles. The summed E-state index contributed by atoms with van der Waals surface area (Å²) in [5, 5.41) is 6.99. The molecule has 1 N–H and O–H groups in total. The zero-order chi connectivity index (χ0) is 11.2. The van der Waals surface area contributed by atoms with Crippen LogP contribution in [0.1, 0.15) is 31.0 Å². The summed E-state index contributed by atoms with van der Waals surface area (Å²) in [5.74, 6) is 1.53. The summed E-state index contributed by atoms with van der Waals surface area (Å²) < 4.78 is 10.7. The van der Waals surface area contributed by atoms with Gasteiger partial charge in [0.25, 0.3) is 0 Å². The molecule has 0 amide bonds. The monoisotopic (exact) mass is 225 g/mol. The van der Waals surface area contributed by atoms with Gasteiger partial charge in [-0.2, -0.15) is 4.98 Å². The van der Waals surface area contributed by atoms with Crippen molar-refractivity contribution in [3.8, 4) is 0 Å². The van der Waals surface area contributed by atoms with Crippen LogP contribution in [0.2, 0.25) is 0 Å². The molecule has 0 bridgehead atoms. The molecule has 1 aliphatic rings. The van der Waals surface area contributed by atoms with Crippen LogP contribution in [0, 0.1) is 0 Å². The summed E-state index contributed by atoms with van der Waals surface area (Å²) in [5.41, 5.74) is 0. The minimum Gasteiger partial charge on any atom is -0.378 e. The molecule has 1 unspecified atom stereocenters. The van der Waals surface area contributed by atoms with Gasteiger partial charge in [0, 0.05) is 26.0 Å². The fourth-order valence-corrected chi connectivity index (χ4v) is 1.89. The van der Waals surface area contributed by atoms with E-state index >= 15 is 0 Å². The normalized spacial score (nSPS) is 20.4. The smallest absolute Gasteiger partial charge is 0.226 e. The molecule has 5 heteroatoms. The fourth-order valence-electron chi connectivity index (χ4n) is 1.89. The number of aryl methyl sites for hydroxylation is 1. The number of aromatic nitrogens is 2. The molecule has 1 fully saturated rings. The Morgan fingerprint density at radius 1 is 1.44 bits per heavy atom. The van der Waals surface area contributed by atoms with Crippen LogP contribution in [0.3, 0.4) is 0 Å². The molecule has 1 aliphatic heterocycles. The fraction of sp³-hybridized carbons (Fsp3) is 0.818. The van der Waals surface area contributed by atoms with Crippen LogP contribution < -0.4 is 5.32 Å². The van der Waals surface area contributed by atoms with Crippen molar-refractivity contribution in [1.82, 2.24) is 15.5 Å². The number of rotatable bonds is 6. The molecular formula is C11H19N3O2. The topological polar surface area (TPSA) is 60.2 Å². The molecule has 1 aromatic rings. The van der Waals surface area contributed by atoms with Gasteiger partial charge < -0.3 is 14.6 Å². The second-order valence-electron chi connectivity index (χ2n) is 4.13. The van der Waals surface area contributed by atoms with Gasteiger partial charge >= 0.3 is 0 Å². The third kappa shape index (κ3) is 3.28. The van der Waals surface area contributed by atoms with Crippen LogP contribution in [0.4, 0.5) is 0 Å². The van der Waals surface area contributed by atoms with Gasteiger partial charge in [0.1, 0.15) is 0 Å². The molecule has 0 radical (unpaired) electrons. The van der Waals surface area contributed by atoms with E-state index < -0.39 is 0 Å². The van der Waals surface area contributed by atoms with Crippen LogP contribution in [0.5, 0.6) is 0 Å². The van der Waals surface area contributed by atoms with E-state index in [1.54, 1.807) is 0 Å². The lowest BCUT2D eigenvalue weighted by Crippen LogP contribution is -2.11. The minimum absolute atomic E-state index is 0.396. The van der Waals surface area contributed by atoms with Gasteiger partial charge in [-0.25, -0.2) is 0 Å². The summed E-state index contributed by atoms with van der Waals surface area (Å²) in [6.45, 7) is 1.78. The number of ether oxygens (including phenoxy) is 1. The third-order valence-corrected chi connectivity index (χ3v) is 2.81. The molecule has 0 aliphatic carbocycles. The standard InChI is InChI=1S/C11H19N3O2/c1-12-7-6-10-13-11(16-14-10)5-4-9-3-2-8-15-9/h9,12H,2-8H2,1H3. The van der Waals surface area contributed by atoms with E-state index in [2.05, 4.69) is 15.5 Å². The lowest BCUT2D eigenvalue weighted by Gasteiger charge is -2.05. The molecule has 1 atom stereocenters. The molecule has 2 heterocycles. The average Bonchev–Trinajstić information content (AvgIpc) is 2.95. The predicted molar refractivity (Wildman–Crippen MR) is 59.2 cm³/mol. The molecule has 2 rings (SSSR count). The summed E-state index contributed by atoms with van der Waals surface area (Å²) in [6.07, 6.45) is 5.39. The summed E-state index contributed by atoms with van der Waals surface area (Å²) in [4.78, 5) is 4.34. The summed E-state index contributed by atoms with van der Waals surface area (Å²) >= 11 is 0. The lowest BCUT2D eigenvalue weighted by atomic mass is 10.1. The van der Waals surface area contributed by atoms with E-state index in [0.29, 0.717) is 6.10 Å². The average molecular weight is 225 g/mol. The first-order chi connectivity index (χ1) is 7.88. The highest BCUT2D eigenvalue weighted by Crippen LogP contribution is 2.17. The van der Waals surface area contributed by atoms with Crippen LogP contribution >= 0.6 is 0 Å². The van der Waals surface area contributed by atoms with Crippen molar-refractivity contribution in [3.05, 3.63) is 11.7 Å². The second kappa shape index (κ2) is 5.96. The van der Waals surface area contributed by atoms with E-state index in [-0.39, 0.29) is 0 Å². The van der Waals surface area contributed by atoms with E-state index in [1.807, 2.05) is 7.05 Å². The van der Waals surface area contributed by atoms with E-state index in [0.717, 1.165) is 44.1 Å². The Morgan fingerprint density at radius 2 is 2.38 bits per heavy atom. The Labute approximate surface area is 95.6 Å². The first-order valence-corrected chi connectivity index (χ1v) is 5.96. The van der Waals surface area contributed by atoms with Gasteiger partial charge in [-0.15, -0.1) is 0 Å². The van der Waals surface area contributed by atoms with Gasteiger partial charge in [-0.1, -0.05) is 5.16 Å². The zero-order valence-corrected chi connectivity index (χ0v) is 9.74. The van der Waals surface area contributed by atoms with Crippen LogP contribution in [-0.4, -0.2) is 36.4 Å². The van der Waals surface area contributed by atoms with Crippen LogP contribution in [0.25, 0.3) is 0 Å². The maximum absolute atomic E-state index is 5.55. The van der Waals surface area contributed by atoms with Crippen molar-refractivity contribution in [1.29, 1.82) is 0 Å². The van der Waals surface area contributed by atoms with Gasteiger partial charge in [-0.05, 0) is 26.3 Å². The number of hydrogen-bond acceptors (Lipinski definition) is 5. The minimum atomic E-state index is 0.396. The van der Waals surface area contributed by atoms with Crippen LogP contribution in [0.15, 0.2) is 4.52 Å². The Bertz CT molecular complexity index is 308. The van der Waals surface area contributed by atoms with Gasteiger partial charge in [0.2, 0.25) is 5.89 Å². The van der Waals surface area contributed by atoms with Crippen molar-refractivity contribution in [3.63, 3.8) is 0 Å². The molecule has 1 saturated heterocycles. The van der Waals surface area contributed by atoms with Crippen LogP contribution in [-0.2, 0) is 17.6 Å². The summed E-state index contributed by atoms with van der Waals surface area (Å²) in [6, 6.07) is 0. The Morgan fingerprint density at radius 3 is 3.12 bits per heavy atom. The third-order valence-electron chi connectivity index (χ3n) is 2.81. The Balaban J connectivity index is 1.73. The Kier molecular flexibility index (Phi) is 4.30.